The maximum atomic E-state index is 11.1. The van der Waals surface area contributed by atoms with Gasteiger partial charge in [0.05, 0.1) is 19.8 Å². The van der Waals surface area contributed by atoms with Gasteiger partial charge < -0.3 is 9.47 Å². The summed E-state index contributed by atoms with van der Waals surface area (Å²) in [6.07, 6.45) is 0.269. The molecule has 0 atom stereocenters. The van der Waals surface area contributed by atoms with Crippen molar-refractivity contribution < 1.29 is 14.3 Å². The van der Waals surface area contributed by atoms with E-state index >= 15 is 0 Å². The molecule has 0 aliphatic rings. The van der Waals surface area contributed by atoms with Crippen molar-refractivity contribution in [2.75, 3.05) is 14.2 Å². The second-order valence-electron chi connectivity index (χ2n) is 3.35. The Morgan fingerprint density at radius 1 is 1.31 bits per heavy atom. The molecular weight excluding hydrogens is 206 g/mol. The summed E-state index contributed by atoms with van der Waals surface area (Å²) in [5, 5.41) is 8.89. The van der Waals surface area contributed by atoms with Crippen molar-refractivity contribution in [2.45, 2.75) is 13.3 Å². The summed E-state index contributed by atoms with van der Waals surface area (Å²) in [6.45, 7) is 1.50. The first-order valence-corrected chi connectivity index (χ1v) is 4.76. The largest absolute Gasteiger partial charge is 0.496 e. The summed E-state index contributed by atoms with van der Waals surface area (Å²) in [6, 6.07) is 5.26. The maximum absolute atomic E-state index is 11.1. The Labute approximate surface area is 94.4 Å². The number of hydrogen-bond donors (Lipinski definition) is 0. The standard InChI is InChI=1S/C12H13NO3/c1-8(14)4-9-5-12(16-3)10(7-13)6-11(9)15-2/h5-6H,4H2,1-3H3. The van der Waals surface area contributed by atoms with Crippen LogP contribution in [0.4, 0.5) is 0 Å². The van der Waals surface area contributed by atoms with Crippen LogP contribution in [-0.4, -0.2) is 20.0 Å². The van der Waals surface area contributed by atoms with Crippen molar-refractivity contribution >= 4 is 5.78 Å². The normalized spacial score (nSPS) is 9.38. The lowest BCUT2D eigenvalue weighted by Gasteiger charge is -2.10. The van der Waals surface area contributed by atoms with Crippen LogP contribution in [0.1, 0.15) is 18.1 Å². The number of nitriles is 1. The number of carbonyl (C=O) groups excluding carboxylic acids is 1. The van der Waals surface area contributed by atoms with Gasteiger partial charge in [0.2, 0.25) is 0 Å². The number of hydrogen-bond acceptors (Lipinski definition) is 4. The van der Waals surface area contributed by atoms with Crippen LogP contribution in [-0.2, 0) is 11.2 Å². The summed E-state index contributed by atoms with van der Waals surface area (Å²) in [7, 11) is 2.99. The molecule has 0 radical (unpaired) electrons. The third kappa shape index (κ3) is 2.51. The van der Waals surface area contributed by atoms with E-state index in [0.717, 1.165) is 5.56 Å². The molecule has 0 fully saturated rings. The first-order valence-electron chi connectivity index (χ1n) is 4.76. The minimum atomic E-state index is 0.0325. The van der Waals surface area contributed by atoms with Gasteiger partial charge >= 0.3 is 0 Å². The molecule has 0 aromatic heterocycles. The highest BCUT2D eigenvalue weighted by molar-refractivity contribution is 5.79. The van der Waals surface area contributed by atoms with Crippen LogP contribution in [0.3, 0.4) is 0 Å². The highest BCUT2D eigenvalue weighted by Gasteiger charge is 2.12. The minimum Gasteiger partial charge on any atom is -0.496 e. The smallest absolute Gasteiger partial charge is 0.137 e. The molecule has 1 rings (SSSR count). The van der Waals surface area contributed by atoms with E-state index in [4.69, 9.17) is 14.7 Å². The number of Topliss-reactive ketones (excluding diaryl/α,β-unsaturated/α-hetero) is 1. The number of rotatable bonds is 4. The van der Waals surface area contributed by atoms with Gasteiger partial charge in [0.25, 0.3) is 0 Å². The highest BCUT2D eigenvalue weighted by atomic mass is 16.5. The van der Waals surface area contributed by atoms with E-state index in [1.54, 1.807) is 12.1 Å². The molecule has 0 saturated heterocycles. The van der Waals surface area contributed by atoms with Crippen LogP contribution in [0.5, 0.6) is 11.5 Å². The van der Waals surface area contributed by atoms with Crippen LogP contribution >= 0.6 is 0 Å². The fourth-order valence-electron chi connectivity index (χ4n) is 1.45. The van der Waals surface area contributed by atoms with Crippen LogP contribution in [0, 0.1) is 11.3 Å². The van der Waals surface area contributed by atoms with Gasteiger partial charge in [-0.25, -0.2) is 0 Å². The molecule has 0 saturated carbocycles. The highest BCUT2D eigenvalue weighted by Crippen LogP contribution is 2.28. The van der Waals surface area contributed by atoms with E-state index in [2.05, 4.69) is 0 Å². The number of carbonyl (C=O) groups is 1. The summed E-state index contributed by atoms with van der Waals surface area (Å²) in [5.41, 5.74) is 1.12. The summed E-state index contributed by atoms with van der Waals surface area (Å²) in [4.78, 5) is 11.1. The van der Waals surface area contributed by atoms with Crippen LogP contribution in [0.25, 0.3) is 0 Å². The number of benzene rings is 1. The molecule has 0 unspecified atom stereocenters. The Morgan fingerprint density at radius 3 is 2.38 bits per heavy atom. The zero-order valence-electron chi connectivity index (χ0n) is 9.53. The monoisotopic (exact) mass is 219 g/mol. The van der Waals surface area contributed by atoms with Gasteiger partial charge in [-0.1, -0.05) is 0 Å². The molecule has 4 nitrogen and oxygen atoms in total. The van der Waals surface area contributed by atoms with E-state index in [0.29, 0.717) is 17.1 Å². The maximum Gasteiger partial charge on any atom is 0.137 e. The number of ketones is 1. The number of nitrogens with zero attached hydrogens (tertiary/aromatic N) is 1. The summed E-state index contributed by atoms with van der Waals surface area (Å²) < 4.78 is 10.2. The molecule has 0 bridgehead atoms. The Bertz CT molecular complexity index is 446. The van der Waals surface area contributed by atoms with Gasteiger partial charge in [-0.3, -0.25) is 4.79 Å². The van der Waals surface area contributed by atoms with E-state index in [1.807, 2.05) is 6.07 Å². The molecule has 4 heteroatoms. The van der Waals surface area contributed by atoms with Crippen molar-refractivity contribution in [1.29, 1.82) is 5.26 Å². The lowest BCUT2D eigenvalue weighted by molar-refractivity contribution is -0.116. The molecule has 0 heterocycles. The third-order valence-corrected chi connectivity index (χ3v) is 2.16. The zero-order chi connectivity index (χ0) is 12.1. The van der Waals surface area contributed by atoms with Crippen molar-refractivity contribution in [2.24, 2.45) is 0 Å². The van der Waals surface area contributed by atoms with Crippen LogP contribution in [0.2, 0.25) is 0 Å². The van der Waals surface area contributed by atoms with Crippen molar-refractivity contribution in [3.05, 3.63) is 23.3 Å². The molecule has 1 aromatic rings. The van der Waals surface area contributed by atoms with Gasteiger partial charge in [-0.2, -0.15) is 5.26 Å². The van der Waals surface area contributed by atoms with Gasteiger partial charge in [-0.05, 0) is 13.0 Å². The number of methoxy groups -OCH3 is 2. The molecule has 84 valence electrons. The first kappa shape index (κ1) is 12.1. The quantitative estimate of drug-likeness (QED) is 0.773. The van der Waals surface area contributed by atoms with Gasteiger partial charge in [0, 0.05) is 18.1 Å². The van der Waals surface area contributed by atoms with Crippen LogP contribution in [0.15, 0.2) is 12.1 Å². The minimum absolute atomic E-state index is 0.0325. The molecule has 0 aliphatic heterocycles. The lowest BCUT2D eigenvalue weighted by atomic mass is 10.0. The predicted molar refractivity (Wildman–Crippen MR) is 58.6 cm³/mol. The SMILES string of the molecule is COc1cc(CC(C)=O)c(OC)cc1C#N. The second-order valence-corrected chi connectivity index (χ2v) is 3.35. The molecule has 0 N–H and O–H groups in total. The first-order chi connectivity index (χ1) is 7.62. The van der Waals surface area contributed by atoms with Crippen molar-refractivity contribution in [3.63, 3.8) is 0 Å². The molecule has 1 aromatic carbocycles. The van der Waals surface area contributed by atoms with E-state index < -0.39 is 0 Å². The van der Waals surface area contributed by atoms with Crippen molar-refractivity contribution in [3.8, 4) is 17.6 Å². The van der Waals surface area contributed by atoms with Gasteiger partial charge in [0.15, 0.2) is 0 Å². The topological polar surface area (TPSA) is 59.3 Å². The van der Waals surface area contributed by atoms with Crippen LogP contribution < -0.4 is 9.47 Å². The third-order valence-electron chi connectivity index (χ3n) is 2.16. The molecule has 0 spiro atoms. The second kappa shape index (κ2) is 5.17. The van der Waals surface area contributed by atoms with E-state index in [1.165, 1.54) is 21.1 Å². The predicted octanol–water partition coefficient (Wildman–Crippen LogP) is 1.71. The Hall–Kier alpha value is -2.02. The van der Waals surface area contributed by atoms with E-state index in [-0.39, 0.29) is 12.2 Å². The fourth-order valence-corrected chi connectivity index (χ4v) is 1.45. The lowest BCUT2D eigenvalue weighted by Crippen LogP contribution is -2.01. The summed E-state index contributed by atoms with van der Waals surface area (Å²) >= 11 is 0. The average Bonchev–Trinajstić information content (AvgIpc) is 2.27. The molecule has 0 aliphatic carbocycles. The number of ether oxygens (including phenoxy) is 2. The van der Waals surface area contributed by atoms with Crippen molar-refractivity contribution in [1.82, 2.24) is 0 Å². The average molecular weight is 219 g/mol. The molecule has 16 heavy (non-hydrogen) atoms. The van der Waals surface area contributed by atoms with Gasteiger partial charge in [-0.15, -0.1) is 0 Å². The Balaban J connectivity index is 3.27. The Kier molecular flexibility index (Phi) is 3.90. The molecular formula is C12H13NO3. The van der Waals surface area contributed by atoms with Gasteiger partial charge in [0.1, 0.15) is 23.4 Å². The molecule has 0 amide bonds. The Morgan fingerprint density at radius 2 is 1.94 bits per heavy atom. The van der Waals surface area contributed by atoms with E-state index in [9.17, 15) is 4.79 Å². The fraction of sp³-hybridized carbons (Fsp3) is 0.333. The summed E-state index contributed by atoms with van der Waals surface area (Å²) in [5.74, 6) is 1.03. The zero-order valence-corrected chi connectivity index (χ0v) is 9.53.